The highest BCUT2D eigenvalue weighted by Gasteiger charge is 1.74. The van der Waals surface area contributed by atoms with Crippen molar-refractivity contribution in [3.63, 3.8) is 0 Å². The van der Waals surface area contributed by atoms with Crippen molar-refractivity contribution >= 4 is 20.7 Å². The molecule has 0 bridgehead atoms. The molecule has 0 aliphatic heterocycles. The van der Waals surface area contributed by atoms with Crippen LogP contribution >= 0.6 is 0 Å². The Morgan fingerprint density at radius 1 is 1.67 bits per heavy atom. The van der Waals surface area contributed by atoms with E-state index in [-0.39, 0.29) is 0 Å². The molecule has 0 unspecified atom stereocenters. The van der Waals surface area contributed by atoms with Crippen molar-refractivity contribution in [1.29, 1.82) is 0 Å². The lowest BCUT2D eigenvalue weighted by Gasteiger charge is -1.89. The van der Waals surface area contributed by atoms with E-state index in [9.17, 15) is 0 Å². The number of hydrogen-bond acceptors (Lipinski definition) is 1. The van der Waals surface area contributed by atoms with Gasteiger partial charge in [0.1, 0.15) is 10.5 Å². The van der Waals surface area contributed by atoms with Crippen LogP contribution in [0.3, 0.4) is 0 Å². The standard InChI is InChI=1S/C3H11OSi2/c5-3-1-2-4-6/h3H,1-2H2,5-6H3. The summed E-state index contributed by atoms with van der Waals surface area (Å²) in [7, 11) is 2.11. The monoisotopic (exact) mass is 119 g/mol. The predicted octanol–water partition coefficient (Wildman–Crippen LogP) is -1.80. The van der Waals surface area contributed by atoms with Crippen LogP contribution in [0.2, 0.25) is 0 Å². The van der Waals surface area contributed by atoms with Crippen molar-refractivity contribution in [2.24, 2.45) is 0 Å². The Bertz CT molecular complexity index is 20.8. The minimum Gasteiger partial charge on any atom is -0.428 e. The molecule has 0 aromatic heterocycles. The van der Waals surface area contributed by atoms with Crippen molar-refractivity contribution in [2.75, 3.05) is 6.61 Å². The molecule has 0 fully saturated rings. The highest BCUT2D eigenvalue weighted by atomic mass is 28.2. The zero-order valence-corrected chi connectivity index (χ0v) is 8.40. The largest absolute Gasteiger partial charge is 0.428 e. The third kappa shape index (κ3) is 4.39. The summed E-state index contributed by atoms with van der Waals surface area (Å²) < 4.78 is 4.91. The molecule has 0 aliphatic carbocycles. The molecule has 3 heteroatoms. The van der Waals surface area contributed by atoms with Gasteiger partial charge in [0.05, 0.1) is 0 Å². The normalized spacial score (nSPS) is 10.0. The van der Waals surface area contributed by atoms with E-state index < -0.39 is 0 Å². The summed E-state index contributed by atoms with van der Waals surface area (Å²) in [6.07, 6.45) is 1.16. The van der Waals surface area contributed by atoms with Crippen LogP contribution in [0.4, 0.5) is 0 Å². The van der Waals surface area contributed by atoms with Gasteiger partial charge in [-0.1, -0.05) is 6.04 Å². The summed E-state index contributed by atoms with van der Waals surface area (Å²) >= 11 is 0. The second kappa shape index (κ2) is 5.39. The Morgan fingerprint density at radius 2 is 2.33 bits per heavy atom. The molecule has 0 rings (SSSR count). The minimum atomic E-state index is 0.899. The van der Waals surface area contributed by atoms with E-state index in [2.05, 4.69) is 6.04 Å². The Labute approximate surface area is 45.0 Å². The Kier molecular flexibility index (Phi) is 5.75. The first kappa shape index (κ1) is 6.39. The van der Waals surface area contributed by atoms with Crippen LogP contribution in [0.5, 0.6) is 0 Å². The highest BCUT2D eigenvalue weighted by Crippen LogP contribution is 1.77. The molecule has 1 nitrogen and oxygen atoms in total. The van der Waals surface area contributed by atoms with Crippen molar-refractivity contribution in [3.05, 3.63) is 6.04 Å². The zero-order valence-electron chi connectivity index (χ0n) is 4.40. The van der Waals surface area contributed by atoms with E-state index in [1.165, 1.54) is 10.2 Å². The second-order valence-corrected chi connectivity index (χ2v) is 2.58. The van der Waals surface area contributed by atoms with Crippen molar-refractivity contribution in [3.8, 4) is 0 Å². The van der Waals surface area contributed by atoms with Crippen LogP contribution in [0.15, 0.2) is 0 Å². The van der Waals surface area contributed by atoms with Gasteiger partial charge in [-0.3, -0.25) is 0 Å². The summed E-state index contributed by atoms with van der Waals surface area (Å²) in [4.78, 5) is 0. The van der Waals surface area contributed by atoms with E-state index in [0.29, 0.717) is 0 Å². The van der Waals surface area contributed by atoms with Crippen LogP contribution in [0, 0.1) is 6.04 Å². The highest BCUT2D eigenvalue weighted by molar-refractivity contribution is 6.14. The van der Waals surface area contributed by atoms with Gasteiger partial charge in [-0.15, -0.1) is 0 Å². The van der Waals surface area contributed by atoms with E-state index in [1.54, 1.807) is 0 Å². The lowest BCUT2D eigenvalue weighted by molar-refractivity contribution is 0.355. The molecule has 6 heavy (non-hydrogen) atoms. The molecule has 0 amide bonds. The predicted molar refractivity (Wildman–Crippen MR) is 34.7 cm³/mol. The average Bonchev–Trinajstić information content (AvgIpc) is 1.61. The molecule has 0 heterocycles. The fourth-order valence-corrected chi connectivity index (χ4v) is 0.707. The van der Waals surface area contributed by atoms with Crippen LogP contribution in [0.25, 0.3) is 0 Å². The number of hydrogen-bond donors (Lipinski definition) is 0. The molecule has 0 atom stereocenters. The Balaban J connectivity index is 2.34. The third-order valence-corrected chi connectivity index (χ3v) is 1.60. The fraction of sp³-hybridized carbons (Fsp3) is 0.667. The molecule has 0 aromatic rings. The molecule has 37 valence electrons. The maximum absolute atomic E-state index is 4.91. The molecular weight excluding hydrogens is 108 g/mol. The summed E-state index contributed by atoms with van der Waals surface area (Å²) in [6, 6.07) is 2.25. The number of rotatable bonds is 3. The van der Waals surface area contributed by atoms with Gasteiger partial charge in [-0.25, -0.2) is 0 Å². The van der Waals surface area contributed by atoms with Gasteiger partial charge in [0.2, 0.25) is 0 Å². The van der Waals surface area contributed by atoms with Crippen LogP contribution < -0.4 is 0 Å². The van der Waals surface area contributed by atoms with Crippen LogP contribution in [-0.2, 0) is 4.43 Å². The van der Waals surface area contributed by atoms with Gasteiger partial charge in [0.15, 0.2) is 0 Å². The van der Waals surface area contributed by atoms with Crippen molar-refractivity contribution in [2.45, 2.75) is 6.42 Å². The molecule has 0 aliphatic rings. The second-order valence-electron chi connectivity index (χ2n) is 1.19. The molecule has 0 saturated carbocycles. The summed E-state index contributed by atoms with van der Waals surface area (Å²) in [6.45, 7) is 0.954. The van der Waals surface area contributed by atoms with Crippen molar-refractivity contribution in [1.82, 2.24) is 0 Å². The van der Waals surface area contributed by atoms with Crippen LogP contribution in [0.1, 0.15) is 6.42 Å². The van der Waals surface area contributed by atoms with E-state index in [1.807, 2.05) is 0 Å². The van der Waals surface area contributed by atoms with Crippen molar-refractivity contribution < 1.29 is 4.43 Å². The fourth-order valence-electron chi connectivity index (χ4n) is 0.236. The Morgan fingerprint density at radius 3 is 2.50 bits per heavy atom. The summed E-state index contributed by atoms with van der Waals surface area (Å²) in [5.74, 6) is 0. The summed E-state index contributed by atoms with van der Waals surface area (Å²) in [5, 5.41) is 0. The van der Waals surface area contributed by atoms with E-state index >= 15 is 0 Å². The minimum absolute atomic E-state index is 0.899. The molecular formula is C3H11OSi2. The van der Waals surface area contributed by atoms with E-state index in [4.69, 9.17) is 4.43 Å². The molecule has 0 aromatic carbocycles. The first-order valence-corrected chi connectivity index (χ1v) is 4.15. The van der Waals surface area contributed by atoms with Gasteiger partial charge in [-0.2, -0.15) is 0 Å². The maximum Gasteiger partial charge on any atom is 0.145 e. The van der Waals surface area contributed by atoms with Gasteiger partial charge in [0, 0.05) is 16.8 Å². The maximum atomic E-state index is 4.91. The molecule has 0 saturated heterocycles. The first-order chi connectivity index (χ1) is 2.91. The quantitative estimate of drug-likeness (QED) is 0.315. The average molecular weight is 119 g/mol. The summed E-state index contributed by atoms with van der Waals surface area (Å²) in [5.41, 5.74) is 0. The third-order valence-electron chi connectivity index (χ3n) is 0.611. The molecule has 1 radical (unpaired) electrons. The zero-order chi connectivity index (χ0) is 4.83. The van der Waals surface area contributed by atoms with Gasteiger partial charge < -0.3 is 4.43 Å². The lowest BCUT2D eigenvalue weighted by Crippen LogP contribution is -1.88. The molecule has 0 spiro atoms. The van der Waals surface area contributed by atoms with Gasteiger partial charge in [0.25, 0.3) is 0 Å². The molecule has 0 N–H and O–H groups in total. The topological polar surface area (TPSA) is 9.23 Å². The smallest absolute Gasteiger partial charge is 0.145 e. The van der Waals surface area contributed by atoms with Crippen LogP contribution in [-0.4, -0.2) is 27.3 Å². The SMILES string of the molecule is [SiH3][CH]CCO[SiH3]. The van der Waals surface area contributed by atoms with Gasteiger partial charge >= 0.3 is 0 Å². The lowest BCUT2D eigenvalue weighted by atomic mass is 10.5. The Hall–Kier alpha value is 0.394. The van der Waals surface area contributed by atoms with Gasteiger partial charge in [-0.05, 0) is 6.42 Å². The first-order valence-electron chi connectivity index (χ1n) is 2.18. The van der Waals surface area contributed by atoms with E-state index in [0.717, 1.165) is 23.5 Å².